The largest absolute Gasteiger partial charge is 0.394 e. The normalized spacial score (nSPS) is 12.2. The molecule has 23 heavy (non-hydrogen) atoms. The smallest absolute Gasteiger partial charge is 0.394 e. The molecule has 0 rings (SSSR count). The van der Waals surface area contributed by atoms with Gasteiger partial charge in [0.1, 0.15) is 0 Å². The molecule has 0 aliphatic rings. The maximum absolute atomic E-state index is 11.4. The van der Waals surface area contributed by atoms with E-state index >= 15 is 0 Å². The predicted octanol–water partition coefficient (Wildman–Crippen LogP) is 2.75. The zero-order chi connectivity index (χ0) is 18.1. The number of carbonyl (C=O) groups is 1. The van der Waals surface area contributed by atoms with E-state index in [0.29, 0.717) is 6.42 Å². The monoisotopic (exact) mass is 355 g/mol. The summed E-state index contributed by atoms with van der Waals surface area (Å²) >= 11 is 0. The number of rotatable bonds is 12. The molecule has 0 bridgehead atoms. The fraction of sp³-hybridized carbons (Fsp3) is 0.933. The van der Waals surface area contributed by atoms with Gasteiger partial charge in [-0.1, -0.05) is 58.3 Å². The quantitative estimate of drug-likeness (QED) is 0.315. The van der Waals surface area contributed by atoms with Crippen molar-refractivity contribution in [2.75, 3.05) is 6.61 Å². The first-order chi connectivity index (χ1) is 10.7. The maximum Gasteiger partial charge on any atom is 0.394 e. The lowest BCUT2D eigenvalue weighted by Gasteiger charge is -2.10. The Bertz CT molecular complexity index is 364. The standard InChI is InChI=1S/C15H31NO2.H2O4S/c1-3-4-5-6-7-8-9-10-11-12-15(18)16-14(2)13-17;1-5(2,3)4/h14,17H,3-13H2,1-2H3,(H,16,18);(H2,1,2,3,4). The van der Waals surface area contributed by atoms with E-state index in [2.05, 4.69) is 12.2 Å². The molecule has 0 saturated carbocycles. The zero-order valence-corrected chi connectivity index (χ0v) is 15.1. The molecule has 0 fully saturated rings. The molecule has 0 aliphatic heterocycles. The second-order valence-corrected chi connectivity index (χ2v) is 6.57. The molecule has 8 heteroatoms. The molecule has 1 unspecified atom stereocenters. The third-order valence-corrected chi connectivity index (χ3v) is 3.19. The van der Waals surface area contributed by atoms with Crippen LogP contribution < -0.4 is 5.32 Å². The number of aliphatic hydroxyl groups is 1. The Kier molecular flexibility index (Phi) is 17.3. The lowest BCUT2D eigenvalue weighted by molar-refractivity contribution is -0.122. The van der Waals surface area contributed by atoms with E-state index < -0.39 is 10.4 Å². The van der Waals surface area contributed by atoms with Gasteiger partial charge in [-0.05, 0) is 13.3 Å². The molecule has 1 amide bonds. The van der Waals surface area contributed by atoms with Crippen molar-refractivity contribution in [2.24, 2.45) is 0 Å². The molecule has 1 atom stereocenters. The SMILES string of the molecule is CCCCCCCCCCCC(=O)NC(C)CO.O=S(=O)(O)O. The van der Waals surface area contributed by atoms with Crippen LogP contribution in [0.25, 0.3) is 0 Å². The number of unbranched alkanes of at least 4 members (excludes halogenated alkanes) is 8. The van der Waals surface area contributed by atoms with Gasteiger partial charge in [0.2, 0.25) is 5.91 Å². The number of carbonyl (C=O) groups excluding carboxylic acids is 1. The Labute approximate surface area is 140 Å². The van der Waals surface area contributed by atoms with Crippen LogP contribution in [-0.4, -0.2) is 41.2 Å². The van der Waals surface area contributed by atoms with Crippen LogP contribution >= 0.6 is 0 Å². The van der Waals surface area contributed by atoms with Gasteiger partial charge in [-0.2, -0.15) is 8.42 Å². The molecular weight excluding hydrogens is 322 g/mol. The summed E-state index contributed by atoms with van der Waals surface area (Å²) in [7, 11) is -4.67. The van der Waals surface area contributed by atoms with Crippen molar-refractivity contribution in [1.82, 2.24) is 5.32 Å². The average molecular weight is 355 g/mol. The summed E-state index contributed by atoms with van der Waals surface area (Å²) in [5.74, 6) is 0.0690. The van der Waals surface area contributed by atoms with E-state index in [1.54, 1.807) is 0 Å². The third kappa shape index (κ3) is 29.9. The van der Waals surface area contributed by atoms with E-state index in [-0.39, 0.29) is 18.6 Å². The summed E-state index contributed by atoms with van der Waals surface area (Å²) in [6.07, 6.45) is 12.0. The highest BCUT2D eigenvalue weighted by Gasteiger charge is 2.05. The second-order valence-electron chi connectivity index (χ2n) is 5.68. The topological polar surface area (TPSA) is 124 Å². The van der Waals surface area contributed by atoms with Gasteiger partial charge in [0.05, 0.1) is 6.61 Å². The molecular formula is C15H33NO6S. The van der Waals surface area contributed by atoms with Crippen molar-refractivity contribution in [3.8, 4) is 0 Å². The van der Waals surface area contributed by atoms with Crippen LogP contribution in [0, 0.1) is 0 Å². The third-order valence-electron chi connectivity index (χ3n) is 3.19. The van der Waals surface area contributed by atoms with Crippen LogP contribution in [0.3, 0.4) is 0 Å². The first-order valence-electron chi connectivity index (χ1n) is 8.30. The molecule has 0 aliphatic carbocycles. The minimum atomic E-state index is -4.67. The molecule has 7 nitrogen and oxygen atoms in total. The summed E-state index contributed by atoms with van der Waals surface area (Å²) in [6, 6.07) is -0.115. The summed E-state index contributed by atoms with van der Waals surface area (Å²) in [6.45, 7) is 4.07. The first-order valence-corrected chi connectivity index (χ1v) is 9.70. The summed E-state index contributed by atoms with van der Waals surface area (Å²) < 4.78 is 31.6. The van der Waals surface area contributed by atoms with E-state index in [1.165, 1.54) is 44.9 Å². The van der Waals surface area contributed by atoms with Crippen LogP contribution in [0.2, 0.25) is 0 Å². The summed E-state index contributed by atoms with van der Waals surface area (Å²) in [4.78, 5) is 11.4. The molecule has 0 saturated heterocycles. The van der Waals surface area contributed by atoms with Gasteiger partial charge in [0.15, 0.2) is 0 Å². The minimum Gasteiger partial charge on any atom is -0.394 e. The molecule has 0 heterocycles. The van der Waals surface area contributed by atoms with Gasteiger partial charge in [-0.3, -0.25) is 13.9 Å². The number of hydrogen-bond acceptors (Lipinski definition) is 4. The highest BCUT2D eigenvalue weighted by molar-refractivity contribution is 7.79. The van der Waals surface area contributed by atoms with E-state index in [1.807, 2.05) is 6.92 Å². The molecule has 0 aromatic carbocycles. The number of aliphatic hydroxyl groups excluding tert-OH is 1. The van der Waals surface area contributed by atoms with E-state index in [4.69, 9.17) is 22.6 Å². The van der Waals surface area contributed by atoms with Gasteiger partial charge in [0.25, 0.3) is 0 Å². The van der Waals surface area contributed by atoms with Gasteiger partial charge in [-0.15, -0.1) is 0 Å². The van der Waals surface area contributed by atoms with Crippen molar-refractivity contribution in [3.63, 3.8) is 0 Å². The minimum absolute atomic E-state index is 0.0174. The van der Waals surface area contributed by atoms with Gasteiger partial charge in [0, 0.05) is 12.5 Å². The van der Waals surface area contributed by atoms with E-state index in [0.717, 1.165) is 12.8 Å². The van der Waals surface area contributed by atoms with Crippen LogP contribution in [0.1, 0.15) is 78.1 Å². The molecule has 4 N–H and O–H groups in total. The average Bonchev–Trinajstić information content (AvgIpc) is 2.43. The van der Waals surface area contributed by atoms with Crippen molar-refractivity contribution < 1.29 is 27.4 Å². The van der Waals surface area contributed by atoms with Crippen LogP contribution in [-0.2, 0) is 15.2 Å². The molecule has 0 aromatic rings. The summed E-state index contributed by atoms with van der Waals surface area (Å²) in [5, 5.41) is 11.6. The highest BCUT2D eigenvalue weighted by atomic mass is 32.3. The van der Waals surface area contributed by atoms with Crippen molar-refractivity contribution in [1.29, 1.82) is 0 Å². The number of nitrogens with one attached hydrogen (secondary N) is 1. The fourth-order valence-electron chi connectivity index (χ4n) is 1.99. The predicted molar refractivity (Wildman–Crippen MR) is 90.7 cm³/mol. The van der Waals surface area contributed by atoms with Crippen molar-refractivity contribution in [2.45, 2.75) is 84.1 Å². The Hall–Kier alpha value is -0.700. The van der Waals surface area contributed by atoms with Crippen molar-refractivity contribution >= 4 is 16.3 Å². The summed E-state index contributed by atoms with van der Waals surface area (Å²) in [5.41, 5.74) is 0. The highest BCUT2D eigenvalue weighted by Crippen LogP contribution is 2.10. The van der Waals surface area contributed by atoms with Gasteiger partial charge in [-0.25, -0.2) is 0 Å². The Morgan fingerprint density at radius 1 is 0.957 bits per heavy atom. The molecule has 0 radical (unpaired) electrons. The maximum atomic E-state index is 11.4. The van der Waals surface area contributed by atoms with Crippen LogP contribution in [0.5, 0.6) is 0 Å². The first kappa shape index (κ1) is 24.6. The van der Waals surface area contributed by atoms with Crippen molar-refractivity contribution in [3.05, 3.63) is 0 Å². The van der Waals surface area contributed by atoms with Crippen LogP contribution in [0.15, 0.2) is 0 Å². The Morgan fingerprint density at radius 3 is 1.74 bits per heavy atom. The molecule has 140 valence electrons. The Morgan fingerprint density at radius 2 is 1.35 bits per heavy atom. The second kappa shape index (κ2) is 16.2. The number of hydrogen-bond donors (Lipinski definition) is 4. The van der Waals surface area contributed by atoms with Crippen LogP contribution in [0.4, 0.5) is 0 Å². The van der Waals surface area contributed by atoms with E-state index in [9.17, 15) is 4.79 Å². The molecule has 0 aromatic heterocycles. The number of amides is 1. The lowest BCUT2D eigenvalue weighted by Crippen LogP contribution is -2.34. The fourth-order valence-corrected chi connectivity index (χ4v) is 1.99. The van der Waals surface area contributed by atoms with Gasteiger partial charge < -0.3 is 10.4 Å². The zero-order valence-electron chi connectivity index (χ0n) is 14.3. The molecule has 0 spiro atoms. The lowest BCUT2D eigenvalue weighted by atomic mass is 10.1. The van der Waals surface area contributed by atoms with Gasteiger partial charge >= 0.3 is 10.4 Å². The Balaban J connectivity index is 0.